The van der Waals surface area contributed by atoms with Gasteiger partial charge in [0, 0.05) is 25.6 Å². The van der Waals surface area contributed by atoms with Gasteiger partial charge in [-0.15, -0.1) is 0 Å². The van der Waals surface area contributed by atoms with Crippen molar-refractivity contribution in [3.63, 3.8) is 0 Å². The van der Waals surface area contributed by atoms with Gasteiger partial charge in [-0.1, -0.05) is 27.7 Å². The molecule has 0 aromatic heterocycles. The van der Waals surface area contributed by atoms with Crippen LogP contribution in [0.15, 0.2) is 0 Å². The van der Waals surface area contributed by atoms with Crippen LogP contribution in [0.2, 0.25) is 0 Å². The largest absolute Gasteiger partial charge is 0.467 e. The van der Waals surface area contributed by atoms with E-state index in [0.717, 1.165) is 55.5 Å². The van der Waals surface area contributed by atoms with Crippen LogP contribution < -0.4 is 16.4 Å². The summed E-state index contributed by atoms with van der Waals surface area (Å²) in [4.78, 5) is 24.6. The van der Waals surface area contributed by atoms with E-state index in [1.54, 1.807) is 0 Å². The molecule has 9 unspecified atom stereocenters. The van der Waals surface area contributed by atoms with E-state index in [0.29, 0.717) is 23.3 Å². The lowest BCUT2D eigenvalue weighted by Gasteiger charge is -2.61. The van der Waals surface area contributed by atoms with E-state index in [4.69, 9.17) is 10.5 Å². The molecule has 4 fully saturated rings. The molecule has 0 aromatic carbocycles. The van der Waals surface area contributed by atoms with Crippen molar-refractivity contribution in [3.05, 3.63) is 0 Å². The molecule has 0 aromatic rings. The molecule has 4 N–H and O–H groups in total. The third kappa shape index (κ3) is 5.76. The molecule has 4 saturated carbocycles. The first kappa shape index (κ1) is 28.9. The van der Waals surface area contributed by atoms with Gasteiger partial charge < -0.3 is 21.1 Å². The number of hydrogen-bond donors (Lipinski definition) is 3. The van der Waals surface area contributed by atoms with E-state index < -0.39 is 6.04 Å². The summed E-state index contributed by atoms with van der Waals surface area (Å²) >= 11 is 0. The summed E-state index contributed by atoms with van der Waals surface area (Å²) in [6.45, 7) is 10.8. The molecule has 4 rings (SSSR count). The number of methoxy groups -OCH3 is 1. The van der Waals surface area contributed by atoms with E-state index in [1.165, 1.54) is 64.9 Å². The molecular formula is C31H55N3O3. The number of carbonyl (C=O) groups excluding carboxylic acids is 2. The van der Waals surface area contributed by atoms with E-state index in [9.17, 15) is 9.59 Å². The third-order valence-electron chi connectivity index (χ3n) is 11.8. The van der Waals surface area contributed by atoms with Gasteiger partial charge in [-0.05, 0) is 117 Å². The lowest BCUT2D eigenvalue weighted by Crippen LogP contribution is -2.55. The monoisotopic (exact) mass is 517 g/mol. The molecule has 212 valence electrons. The van der Waals surface area contributed by atoms with Gasteiger partial charge in [0.05, 0.1) is 7.11 Å². The Bertz CT molecular complexity index is 803. The van der Waals surface area contributed by atoms with Gasteiger partial charge in [-0.25, -0.2) is 4.79 Å². The van der Waals surface area contributed by atoms with Gasteiger partial charge in [0.1, 0.15) is 6.04 Å². The highest BCUT2D eigenvalue weighted by Gasteiger charge is 2.59. The first-order valence-corrected chi connectivity index (χ1v) is 15.4. The number of hydrogen-bond acceptors (Lipinski definition) is 5. The standard InChI is InChI=1S/C31H55N3O3/c1-20(2)28(29(36)37-5)34-27(35)8-6-7-21-10-12-25-24-11-9-22-19-23(33-18-17-32)13-15-31(22,4)26(24)14-16-30(21,25)3/h20-26,28,33H,6-19,32H2,1-5H3,(H,34,35). The lowest BCUT2D eigenvalue weighted by atomic mass is 9.44. The van der Waals surface area contributed by atoms with Crippen molar-refractivity contribution in [3.8, 4) is 0 Å². The molecule has 0 radical (unpaired) electrons. The summed E-state index contributed by atoms with van der Waals surface area (Å²) in [6.07, 6.45) is 14.9. The molecule has 0 spiro atoms. The highest BCUT2D eigenvalue weighted by molar-refractivity contribution is 5.84. The highest BCUT2D eigenvalue weighted by atomic mass is 16.5. The smallest absolute Gasteiger partial charge is 0.328 e. The van der Waals surface area contributed by atoms with Gasteiger partial charge in [0.25, 0.3) is 0 Å². The van der Waals surface area contributed by atoms with Crippen LogP contribution in [0, 0.1) is 46.3 Å². The lowest BCUT2D eigenvalue weighted by molar-refractivity contribution is -0.146. The number of fused-ring (bicyclic) bond motifs is 5. The zero-order valence-corrected chi connectivity index (χ0v) is 24.3. The van der Waals surface area contributed by atoms with Crippen LogP contribution >= 0.6 is 0 Å². The molecular weight excluding hydrogens is 462 g/mol. The van der Waals surface area contributed by atoms with Crippen LogP contribution in [-0.4, -0.2) is 44.2 Å². The minimum absolute atomic E-state index is 0.0182. The summed E-state index contributed by atoms with van der Waals surface area (Å²) in [5.74, 6) is 3.91. The Hall–Kier alpha value is -1.14. The first-order valence-electron chi connectivity index (χ1n) is 15.4. The number of esters is 1. The zero-order valence-electron chi connectivity index (χ0n) is 24.3. The zero-order chi connectivity index (χ0) is 26.8. The summed E-state index contributed by atoms with van der Waals surface area (Å²) in [7, 11) is 1.38. The van der Waals surface area contributed by atoms with Crippen molar-refractivity contribution in [2.45, 2.75) is 117 Å². The number of nitrogens with one attached hydrogen (secondary N) is 2. The van der Waals surface area contributed by atoms with Crippen molar-refractivity contribution in [1.29, 1.82) is 0 Å². The molecule has 1 amide bonds. The van der Waals surface area contributed by atoms with Crippen LogP contribution in [0.1, 0.15) is 105 Å². The Balaban J connectivity index is 1.31. The van der Waals surface area contributed by atoms with Crippen LogP contribution in [0.3, 0.4) is 0 Å². The molecule has 6 heteroatoms. The van der Waals surface area contributed by atoms with Crippen molar-refractivity contribution >= 4 is 11.9 Å². The fourth-order valence-corrected chi connectivity index (χ4v) is 9.69. The second-order valence-corrected chi connectivity index (χ2v) is 13.9. The maximum absolute atomic E-state index is 12.6. The molecule has 37 heavy (non-hydrogen) atoms. The average Bonchev–Trinajstić information content (AvgIpc) is 3.21. The normalized spacial score (nSPS) is 39.9. The number of nitrogens with two attached hydrogens (primary N) is 1. The molecule has 4 aliphatic carbocycles. The Morgan fingerprint density at radius 1 is 1.00 bits per heavy atom. The Labute approximate surface area is 226 Å². The quantitative estimate of drug-likeness (QED) is 0.353. The molecule has 0 bridgehead atoms. The van der Waals surface area contributed by atoms with Crippen LogP contribution in [-0.2, 0) is 14.3 Å². The second kappa shape index (κ2) is 11.9. The SMILES string of the molecule is COC(=O)C(NC(=O)CCCC1CCC2C3CCC4CC(NCCN)CCC4(C)C3CCC12C)C(C)C. The van der Waals surface area contributed by atoms with Gasteiger partial charge in [-0.2, -0.15) is 0 Å². The fourth-order valence-electron chi connectivity index (χ4n) is 9.69. The van der Waals surface area contributed by atoms with Gasteiger partial charge in [0.15, 0.2) is 0 Å². The minimum Gasteiger partial charge on any atom is -0.467 e. The number of rotatable bonds is 10. The predicted molar refractivity (Wildman–Crippen MR) is 149 cm³/mol. The minimum atomic E-state index is -0.552. The van der Waals surface area contributed by atoms with Crippen molar-refractivity contribution in [2.75, 3.05) is 20.2 Å². The van der Waals surface area contributed by atoms with E-state index in [-0.39, 0.29) is 17.8 Å². The Morgan fingerprint density at radius 2 is 1.73 bits per heavy atom. The molecule has 0 heterocycles. The highest BCUT2D eigenvalue weighted by Crippen LogP contribution is 2.67. The molecule has 6 nitrogen and oxygen atoms in total. The average molecular weight is 518 g/mol. The number of carbonyl (C=O) groups is 2. The number of amides is 1. The summed E-state index contributed by atoms with van der Waals surface area (Å²) in [5.41, 5.74) is 6.72. The van der Waals surface area contributed by atoms with Gasteiger partial charge >= 0.3 is 5.97 Å². The van der Waals surface area contributed by atoms with Crippen molar-refractivity contribution in [1.82, 2.24) is 10.6 Å². The summed E-state index contributed by atoms with van der Waals surface area (Å²) < 4.78 is 4.88. The Morgan fingerprint density at radius 3 is 2.43 bits per heavy atom. The van der Waals surface area contributed by atoms with E-state index in [1.807, 2.05) is 13.8 Å². The van der Waals surface area contributed by atoms with E-state index in [2.05, 4.69) is 24.5 Å². The van der Waals surface area contributed by atoms with Gasteiger partial charge in [-0.3, -0.25) is 4.79 Å². The van der Waals surface area contributed by atoms with Crippen LogP contribution in [0.25, 0.3) is 0 Å². The molecule has 0 aliphatic heterocycles. The van der Waals surface area contributed by atoms with Crippen LogP contribution in [0.5, 0.6) is 0 Å². The molecule has 9 atom stereocenters. The first-order chi connectivity index (χ1) is 17.6. The van der Waals surface area contributed by atoms with Crippen molar-refractivity contribution in [2.24, 2.45) is 52.1 Å². The molecule has 4 aliphatic rings. The fraction of sp³-hybridized carbons (Fsp3) is 0.935. The second-order valence-electron chi connectivity index (χ2n) is 13.9. The van der Waals surface area contributed by atoms with Crippen LogP contribution in [0.4, 0.5) is 0 Å². The summed E-state index contributed by atoms with van der Waals surface area (Å²) in [5, 5.41) is 6.63. The number of ether oxygens (including phenoxy) is 1. The predicted octanol–water partition coefficient (Wildman–Crippen LogP) is 5.05. The third-order valence-corrected chi connectivity index (χ3v) is 11.8. The Kier molecular flexibility index (Phi) is 9.31. The van der Waals surface area contributed by atoms with E-state index >= 15 is 0 Å². The van der Waals surface area contributed by atoms with Gasteiger partial charge in [0.2, 0.25) is 5.91 Å². The maximum Gasteiger partial charge on any atom is 0.328 e. The van der Waals surface area contributed by atoms with Crippen molar-refractivity contribution < 1.29 is 14.3 Å². The molecule has 0 saturated heterocycles. The topological polar surface area (TPSA) is 93.4 Å². The summed E-state index contributed by atoms with van der Waals surface area (Å²) in [6, 6.07) is 0.118. The maximum atomic E-state index is 12.6.